The zero-order chi connectivity index (χ0) is 15.7. The third kappa shape index (κ3) is 2.75. The van der Waals surface area contributed by atoms with E-state index in [1.54, 1.807) is 0 Å². The molecule has 1 aromatic heterocycles. The largest absolute Gasteiger partial charge is 0.337 e. The minimum Gasteiger partial charge on any atom is -0.337 e. The number of rotatable bonds is 4. The molecule has 120 valence electrons. The van der Waals surface area contributed by atoms with Crippen molar-refractivity contribution in [2.45, 2.75) is 44.8 Å². The fourth-order valence-corrected chi connectivity index (χ4v) is 3.79. The summed E-state index contributed by atoms with van der Waals surface area (Å²) in [5.41, 5.74) is 9.55. The maximum atomic E-state index is 5.83. The molecular weight excluding hydrogens is 274 g/mol. The minimum absolute atomic E-state index is 0.217. The number of imidazole rings is 1. The number of likely N-dealkylation sites (N-methyl/N-ethyl adjacent to an activating group) is 1. The van der Waals surface area contributed by atoms with E-state index in [0.717, 1.165) is 25.0 Å². The van der Waals surface area contributed by atoms with Gasteiger partial charge < -0.3 is 10.3 Å². The molecule has 2 heterocycles. The number of aliphatic imine (C=N–C) groups is 1. The van der Waals surface area contributed by atoms with Crippen molar-refractivity contribution in [1.29, 1.82) is 0 Å². The first-order chi connectivity index (χ1) is 10.6. The fraction of sp³-hybridized carbons (Fsp3) is 0.647. The Kier molecular flexibility index (Phi) is 4.45. The molecule has 0 spiro atoms. The Morgan fingerprint density at radius 3 is 3.00 bits per heavy atom. The Morgan fingerprint density at radius 2 is 2.27 bits per heavy atom. The van der Waals surface area contributed by atoms with Crippen LogP contribution in [-0.2, 0) is 13.5 Å². The number of fused-ring (bicyclic) bond motifs is 1. The van der Waals surface area contributed by atoms with Gasteiger partial charge >= 0.3 is 0 Å². The highest BCUT2D eigenvalue weighted by Crippen LogP contribution is 2.31. The van der Waals surface area contributed by atoms with Crippen molar-refractivity contribution in [1.82, 2.24) is 14.5 Å². The first-order valence-corrected chi connectivity index (χ1v) is 8.29. The molecule has 3 atom stereocenters. The van der Waals surface area contributed by atoms with E-state index in [-0.39, 0.29) is 6.17 Å². The molecule has 0 amide bonds. The van der Waals surface area contributed by atoms with Crippen LogP contribution in [0.5, 0.6) is 0 Å². The molecule has 1 aromatic rings. The second kappa shape index (κ2) is 6.34. The van der Waals surface area contributed by atoms with Crippen molar-refractivity contribution in [3.63, 3.8) is 0 Å². The fourth-order valence-electron chi connectivity index (χ4n) is 3.79. The van der Waals surface area contributed by atoms with Gasteiger partial charge in [0.15, 0.2) is 0 Å². The molecule has 2 unspecified atom stereocenters. The van der Waals surface area contributed by atoms with Gasteiger partial charge in [-0.05, 0) is 32.2 Å². The summed E-state index contributed by atoms with van der Waals surface area (Å²) >= 11 is 0. The molecular formula is C17H27N5. The lowest BCUT2D eigenvalue weighted by atomic mass is 9.83. The van der Waals surface area contributed by atoms with E-state index >= 15 is 0 Å². The molecule has 22 heavy (non-hydrogen) atoms. The van der Waals surface area contributed by atoms with E-state index in [1.165, 1.54) is 17.7 Å². The molecule has 0 saturated heterocycles. The Hall–Kier alpha value is -1.46. The molecule has 0 aromatic carbocycles. The van der Waals surface area contributed by atoms with Gasteiger partial charge in [-0.2, -0.15) is 0 Å². The lowest BCUT2D eigenvalue weighted by molar-refractivity contribution is 0.125. The molecule has 1 aliphatic carbocycles. The monoisotopic (exact) mass is 301 g/mol. The summed E-state index contributed by atoms with van der Waals surface area (Å²) in [7, 11) is 4.28. The number of nitrogens with zero attached hydrogens (tertiary/aromatic N) is 4. The lowest BCUT2D eigenvalue weighted by Crippen LogP contribution is -2.46. The van der Waals surface area contributed by atoms with Gasteiger partial charge in [-0.15, -0.1) is 0 Å². The number of hydrogen-bond donors (Lipinski definition) is 1. The highest BCUT2D eigenvalue weighted by Gasteiger charge is 2.32. The van der Waals surface area contributed by atoms with Crippen molar-refractivity contribution in [2.24, 2.45) is 23.7 Å². The topological polar surface area (TPSA) is 59.4 Å². The molecule has 0 saturated carbocycles. The van der Waals surface area contributed by atoms with Gasteiger partial charge in [-0.25, -0.2) is 4.98 Å². The summed E-state index contributed by atoms with van der Waals surface area (Å²) in [6.45, 7) is 2.97. The van der Waals surface area contributed by atoms with Crippen molar-refractivity contribution < 1.29 is 0 Å². The summed E-state index contributed by atoms with van der Waals surface area (Å²) in [5, 5.41) is 0. The van der Waals surface area contributed by atoms with Crippen molar-refractivity contribution in [2.75, 3.05) is 13.6 Å². The molecule has 0 fully saturated rings. The summed E-state index contributed by atoms with van der Waals surface area (Å²) in [4.78, 5) is 11.6. The van der Waals surface area contributed by atoms with E-state index in [2.05, 4.69) is 41.5 Å². The predicted molar refractivity (Wildman–Crippen MR) is 90.0 cm³/mol. The number of nitrogens with two attached hydrogens (primary N) is 1. The maximum absolute atomic E-state index is 5.83. The number of aryl methyl sites for hydroxylation is 1. The molecule has 0 bridgehead atoms. The highest BCUT2D eigenvalue weighted by molar-refractivity contribution is 5.79. The second-order valence-corrected chi connectivity index (χ2v) is 6.52. The first-order valence-electron chi connectivity index (χ1n) is 8.29. The van der Waals surface area contributed by atoms with Crippen LogP contribution in [0.25, 0.3) is 0 Å². The highest BCUT2D eigenvalue weighted by atomic mass is 15.3. The molecule has 5 heteroatoms. The zero-order valence-electron chi connectivity index (χ0n) is 13.9. The van der Waals surface area contributed by atoms with Gasteiger partial charge in [-0.3, -0.25) is 9.89 Å². The van der Waals surface area contributed by atoms with E-state index in [1.807, 2.05) is 12.5 Å². The lowest BCUT2D eigenvalue weighted by Gasteiger charge is -2.40. The summed E-state index contributed by atoms with van der Waals surface area (Å²) < 4.78 is 2.12. The van der Waals surface area contributed by atoms with Crippen molar-refractivity contribution >= 4 is 6.21 Å². The minimum atomic E-state index is 0.217. The van der Waals surface area contributed by atoms with E-state index in [9.17, 15) is 0 Å². The molecule has 1 aliphatic heterocycles. The van der Waals surface area contributed by atoms with Gasteiger partial charge in [0.25, 0.3) is 0 Å². The van der Waals surface area contributed by atoms with Crippen LogP contribution in [0.1, 0.15) is 37.6 Å². The average Bonchev–Trinajstić information content (AvgIpc) is 2.94. The summed E-state index contributed by atoms with van der Waals surface area (Å²) in [6.07, 6.45) is 10.8. The Bertz CT molecular complexity index is 586. The van der Waals surface area contributed by atoms with E-state index < -0.39 is 0 Å². The number of aromatic nitrogens is 2. The van der Waals surface area contributed by atoms with Crippen LogP contribution in [0.4, 0.5) is 0 Å². The van der Waals surface area contributed by atoms with Crippen LogP contribution in [0, 0.1) is 5.92 Å². The summed E-state index contributed by atoms with van der Waals surface area (Å²) in [6, 6.07) is 0.553. The third-order valence-corrected chi connectivity index (χ3v) is 5.27. The van der Waals surface area contributed by atoms with E-state index in [4.69, 9.17) is 10.7 Å². The van der Waals surface area contributed by atoms with Gasteiger partial charge in [0.2, 0.25) is 0 Å². The normalized spacial score (nSPS) is 27.9. The van der Waals surface area contributed by atoms with Gasteiger partial charge in [0.05, 0.1) is 12.5 Å². The second-order valence-electron chi connectivity index (χ2n) is 6.52. The molecule has 2 aliphatic rings. The Balaban J connectivity index is 1.76. The molecule has 5 nitrogen and oxygen atoms in total. The van der Waals surface area contributed by atoms with Gasteiger partial charge in [-0.1, -0.05) is 18.6 Å². The smallest absolute Gasteiger partial charge is 0.108 e. The summed E-state index contributed by atoms with van der Waals surface area (Å²) in [5.74, 6) is 0.584. The Morgan fingerprint density at radius 1 is 1.45 bits per heavy atom. The zero-order valence-corrected chi connectivity index (χ0v) is 13.9. The third-order valence-electron chi connectivity index (χ3n) is 5.27. The quantitative estimate of drug-likeness (QED) is 0.862. The average molecular weight is 301 g/mol. The van der Waals surface area contributed by atoms with Crippen LogP contribution in [-0.4, -0.2) is 46.5 Å². The van der Waals surface area contributed by atoms with Crippen LogP contribution < -0.4 is 5.73 Å². The van der Waals surface area contributed by atoms with Crippen LogP contribution in [0.15, 0.2) is 23.0 Å². The van der Waals surface area contributed by atoms with Crippen LogP contribution >= 0.6 is 0 Å². The Labute approximate surface area is 132 Å². The van der Waals surface area contributed by atoms with Gasteiger partial charge in [0, 0.05) is 31.7 Å². The SMILES string of the molecule is CC[C@H]1C=C(CN)CCC1N(C)C1Cc2c(ncn2C)C=N1. The standard InChI is InChI=1S/C17H27N5/c1-4-13-7-12(9-18)5-6-15(13)22(3)17-8-16-14(10-19-17)20-11-21(16)2/h7,10-11,13,15,17H,4-6,8-9,18H2,1-3H3/t13-,15?,17?/m0/s1. The van der Waals surface area contributed by atoms with Crippen LogP contribution in [0.2, 0.25) is 0 Å². The molecule has 3 rings (SSSR count). The molecule has 2 N–H and O–H groups in total. The predicted octanol–water partition coefficient (Wildman–Crippen LogP) is 1.73. The van der Waals surface area contributed by atoms with Crippen molar-refractivity contribution in [3.8, 4) is 0 Å². The first kappa shape index (κ1) is 15.4. The number of hydrogen-bond acceptors (Lipinski definition) is 4. The van der Waals surface area contributed by atoms with Crippen molar-refractivity contribution in [3.05, 3.63) is 29.4 Å². The van der Waals surface area contributed by atoms with E-state index in [0.29, 0.717) is 18.5 Å². The maximum Gasteiger partial charge on any atom is 0.108 e. The van der Waals surface area contributed by atoms with Gasteiger partial charge in [0.1, 0.15) is 11.9 Å². The molecule has 0 radical (unpaired) electrons. The van der Waals surface area contributed by atoms with Crippen LogP contribution in [0.3, 0.4) is 0 Å².